The lowest BCUT2D eigenvalue weighted by Gasteiger charge is -2.04. The van der Waals surface area contributed by atoms with Gasteiger partial charge >= 0.3 is 0 Å². The summed E-state index contributed by atoms with van der Waals surface area (Å²) in [6, 6.07) is 10.4. The Bertz CT molecular complexity index is 255. The van der Waals surface area contributed by atoms with Gasteiger partial charge in [0.15, 0.2) is 0 Å². The Labute approximate surface area is 74.9 Å². The van der Waals surface area contributed by atoms with Gasteiger partial charge in [0.1, 0.15) is 0 Å². The van der Waals surface area contributed by atoms with Gasteiger partial charge in [-0.15, -0.1) is 0 Å². The van der Waals surface area contributed by atoms with Gasteiger partial charge in [-0.2, -0.15) is 0 Å². The lowest BCUT2D eigenvalue weighted by molar-refractivity contribution is 0.776. The minimum atomic E-state index is 0.644. The molecule has 1 rings (SSSR count). The van der Waals surface area contributed by atoms with Crippen molar-refractivity contribution in [2.45, 2.75) is 20.8 Å². The molecular formula is C12H16. The fourth-order valence-electron chi connectivity index (χ4n) is 0.979. The van der Waals surface area contributed by atoms with Gasteiger partial charge in [-0.05, 0) is 18.4 Å². The Morgan fingerprint density at radius 1 is 1.17 bits per heavy atom. The molecule has 0 radical (unpaired) electrons. The van der Waals surface area contributed by atoms with Crippen molar-refractivity contribution >= 4 is 6.08 Å². The summed E-state index contributed by atoms with van der Waals surface area (Å²) in [6.45, 7) is 6.61. The highest BCUT2D eigenvalue weighted by atomic mass is 14.0. The molecule has 1 aromatic carbocycles. The van der Waals surface area contributed by atoms with Crippen LogP contribution in [0.1, 0.15) is 26.3 Å². The highest BCUT2D eigenvalue weighted by Crippen LogP contribution is 2.12. The molecule has 0 N–H and O–H groups in total. The van der Waals surface area contributed by atoms with E-state index in [1.54, 1.807) is 0 Å². The van der Waals surface area contributed by atoms with E-state index in [1.165, 1.54) is 11.1 Å². The third kappa shape index (κ3) is 2.54. The van der Waals surface area contributed by atoms with E-state index in [0.717, 1.165) is 0 Å². The summed E-state index contributed by atoms with van der Waals surface area (Å²) in [5, 5.41) is 0. The number of hydrogen-bond acceptors (Lipinski definition) is 0. The molecule has 0 aliphatic rings. The minimum absolute atomic E-state index is 0.644. The van der Waals surface area contributed by atoms with Crippen LogP contribution in [0, 0.1) is 5.92 Å². The maximum absolute atomic E-state index is 2.24. The van der Waals surface area contributed by atoms with E-state index in [2.05, 4.69) is 51.1 Å². The minimum Gasteiger partial charge on any atom is -0.0702 e. The van der Waals surface area contributed by atoms with Crippen LogP contribution >= 0.6 is 0 Å². The summed E-state index contributed by atoms with van der Waals surface area (Å²) in [5.41, 5.74) is 2.73. The van der Waals surface area contributed by atoms with Crippen LogP contribution in [-0.2, 0) is 0 Å². The van der Waals surface area contributed by atoms with Crippen molar-refractivity contribution in [3.63, 3.8) is 0 Å². The van der Waals surface area contributed by atoms with Crippen LogP contribution in [0.25, 0.3) is 6.08 Å². The highest BCUT2D eigenvalue weighted by molar-refractivity contribution is 5.52. The van der Waals surface area contributed by atoms with Crippen LogP contribution in [0.4, 0.5) is 0 Å². The van der Waals surface area contributed by atoms with Crippen molar-refractivity contribution in [1.29, 1.82) is 0 Å². The first kappa shape index (κ1) is 9.05. The molecule has 64 valence electrons. The van der Waals surface area contributed by atoms with Gasteiger partial charge in [-0.1, -0.05) is 55.8 Å². The molecule has 0 nitrogen and oxygen atoms in total. The molecular weight excluding hydrogens is 144 g/mol. The van der Waals surface area contributed by atoms with E-state index in [0.29, 0.717) is 5.92 Å². The van der Waals surface area contributed by atoms with E-state index in [4.69, 9.17) is 0 Å². The molecule has 0 aliphatic heterocycles. The lowest BCUT2D eigenvalue weighted by Crippen LogP contribution is -1.87. The van der Waals surface area contributed by atoms with Gasteiger partial charge < -0.3 is 0 Å². The average Bonchev–Trinajstić information content (AvgIpc) is 2.06. The summed E-state index contributed by atoms with van der Waals surface area (Å²) in [5.74, 6) is 0.644. The van der Waals surface area contributed by atoms with Crippen LogP contribution in [0.3, 0.4) is 0 Å². The summed E-state index contributed by atoms with van der Waals surface area (Å²) in [7, 11) is 0. The quantitative estimate of drug-likeness (QED) is 0.618. The second kappa shape index (κ2) is 4.10. The third-order valence-electron chi connectivity index (χ3n) is 2.10. The largest absolute Gasteiger partial charge is 0.0702 e. The van der Waals surface area contributed by atoms with Crippen LogP contribution in [0.5, 0.6) is 0 Å². The van der Waals surface area contributed by atoms with E-state index in [1.807, 2.05) is 6.07 Å². The van der Waals surface area contributed by atoms with Crippen molar-refractivity contribution in [3.8, 4) is 0 Å². The molecule has 12 heavy (non-hydrogen) atoms. The maximum atomic E-state index is 2.24. The molecule has 0 fully saturated rings. The molecule has 0 atom stereocenters. The standard InChI is InChI=1S/C12H16/c1-10(2)11(3)9-12-7-5-4-6-8-12/h4-10H,1-3H3/b11-9+. The Hall–Kier alpha value is -1.04. The van der Waals surface area contributed by atoms with Crippen molar-refractivity contribution in [3.05, 3.63) is 41.5 Å². The smallest absolute Gasteiger partial charge is 0.0257 e. The molecule has 0 amide bonds. The van der Waals surface area contributed by atoms with E-state index < -0.39 is 0 Å². The molecule has 0 aromatic heterocycles. The molecule has 0 heterocycles. The first-order chi connectivity index (χ1) is 5.70. The zero-order valence-electron chi connectivity index (χ0n) is 8.04. The molecule has 0 aliphatic carbocycles. The number of benzene rings is 1. The van der Waals surface area contributed by atoms with E-state index in [-0.39, 0.29) is 0 Å². The second-order valence-corrected chi connectivity index (χ2v) is 3.45. The van der Waals surface area contributed by atoms with E-state index in [9.17, 15) is 0 Å². The molecule has 0 saturated carbocycles. The van der Waals surface area contributed by atoms with Crippen molar-refractivity contribution < 1.29 is 0 Å². The van der Waals surface area contributed by atoms with Crippen LogP contribution in [0.2, 0.25) is 0 Å². The summed E-state index contributed by atoms with van der Waals surface area (Å²) in [6.07, 6.45) is 2.24. The van der Waals surface area contributed by atoms with Crippen molar-refractivity contribution in [2.24, 2.45) is 5.92 Å². The van der Waals surface area contributed by atoms with Crippen LogP contribution in [-0.4, -0.2) is 0 Å². The zero-order chi connectivity index (χ0) is 8.97. The van der Waals surface area contributed by atoms with Crippen molar-refractivity contribution in [2.75, 3.05) is 0 Å². The Morgan fingerprint density at radius 2 is 1.75 bits per heavy atom. The Kier molecular flexibility index (Phi) is 3.09. The summed E-state index contributed by atoms with van der Waals surface area (Å²) >= 11 is 0. The number of rotatable bonds is 2. The third-order valence-corrected chi connectivity index (χ3v) is 2.10. The SMILES string of the molecule is C/C(=C\c1ccccc1)C(C)C. The molecule has 0 heteroatoms. The molecule has 0 bridgehead atoms. The Morgan fingerprint density at radius 3 is 2.25 bits per heavy atom. The summed E-state index contributed by atoms with van der Waals surface area (Å²) < 4.78 is 0. The van der Waals surface area contributed by atoms with Crippen LogP contribution < -0.4 is 0 Å². The number of hydrogen-bond donors (Lipinski definition) is 0. The average molecular weight is 160 g/mol. The topological polar surface area (TPSA) is 0 Å². The maximum Gasteiger partial charge on any atom is -0.0257 e. The Balaban J connectivity index is 2.81. The van der Waals surface area contributed by atoms with Crippen molar-refractivity contribution in [1.82, 2.24) is 0 Å². The monoisotopic (exact) mass is 160 g/mol. The highest BCUT2D eigenvalue weighted by Gasteiger charge is 1.95. The molecule has 0 saturated heterocycles. The summed E-state index contributed by atoms with van der Waals surface area (Å²) in [4.78, 5) is 0. The molecule has 0 spiro atoms. The number of allylic oxidation sites excluding steroid dienone is 1. The van der Waals surface area contributed by atoms with E-state index >= 15 is 0 Å². The molecule has 0 unspecified atom stereocenters. The first-order valence-electron chi connectivity index (χ1n) is 4.43. The zero-order valence-corrected chi connectivity index (χ0v) is 8.04. The molecule has 1 aromatic rings. The predicted molar refractivity (Wildman–Crippen MR) is 54.9 cm³/mol. The predicted octanol–water partition coefficient (Wildman–Crippen LogP) is 3.75. The van der Waals surface area contributed by atoms with Crippen LogP contribution in [0.15, 0.2) is 35.9 Å². The van der Waals surface area contributed by atoms with Gasteiger partial charge in [-0.25, -0.2) is 0 Å². The van der Waals surface area contributed by atoms with Gasteiger partial charge in [0.25, 0.3) is 0 Å². The lowest BCUT2D eigenvalue weighted by atomic mass is 10.0. The fraction of sp³-hybridized carbons (Fsp3) is 0.333. The first-order valence-corrected chi connectivity index (χ1v) is 4.43. The van der Waals surface area contributed by atoms with Gasteiger partial charge in [0.05, 0.1) is 0 Å². The van der Waals surface area contributed by atoms with Gasteiger partial charge in [-0.3, -0.25) is 0 Å². The van der Waals surface area contributed by atoms with Gasteiger partial charge in [0.2, 0.25) is 0 Å². The fourth-order valence-corrected chi connectivity index (χ4v) is 0.979. The second-order valence-electron chi connectivity index (χ2n) is 3.45. The van der Waals surface area contributed by atoms with Gasteiger partial charge in [0, 0.05) is 0 Å². The normalized spacial score (nSPS) is 12.2.